The number of aryl methyl sites for hydroxylation is 1. The fourth-order valence-corrected chi connectivity index (χ4v) is 1.96. The van der Waals surface area contributed by atoms with Crippen LogP contribution in [-0.2, 0) is 11.8 Å². The molecule has 0 aromatic carbocycles. The molecule has 0 aliphatic heterocycles. The van der Waals surface area contributed by atoms with Crippen LogP contribution in [0.2, 0.25) is 0 Å². The average molecular weight is 293 g/mol. The van der Waals surface area contributed by atoms with Crippen LogP contribution < -0.4 is 5.69 Å². The zero-order valence-corrected chi connectivity index (χ0v) is 12.3. The quantitative estimate of drug-likeness (QED) is 0.557. The van der Waals surface area contributed by atoms with Gasteiger partial charge in [0, 0.05) is 7.05 Å². The zero-order valence-electron chi connectivity index (χ0n) is 12.3. The van der Waals surface area contributed by atoms with Crippen LogP contribution in [0.15, 0.2) is 11.1 Å². The largest absolute Gasteiger partial charge is 0.461 e. The molecule has 0 N–H and O–H groups in total. The molecule has 0 unspecified atom stereocenters. The number of unbranched alkanes of at least 4 members (excludes halogenated alkanes) is 4. The normalized spacial score (nSPS) is 11.0. The van der Waals surface area contributed by atoms with Crippen LogP contribution in [0.5, 0.6) is 0 Å². The van der Waals surface area contributed by atoms with Gasteiger partial charge in [-0.3, -0.25) is 0 Å². The van der Waals surface area contributed by atoms with Crippen LogP contribution in [0.3, 0.4) is 0 Å². The van der Waals surface area contributed by atoms with Crippen LogP contribution in [-0.4, -0.2) is 37.0 Å². The van der Waals surface area contributed by atoms with Crippen molar-refractivity contribution in [2.45, 2.75) is 39.0 Å². The summed E-state index contributed by atoms with van der Waals surface area (Å²) < 4.78 is 7.39. The van der Waals surface area contributed by atoms with Crippen molar-refractivity contribution < 1.29 is 9.53 Å². The third-order valence-electron chi connectivity index (χ3n) is 3.17. The minimum absolute atomic E-state index is 0.0220. The molecule has 8 heteroatoms. The highest BCUT2D eigenvalue weighted by atomic mass is 16.5. The van der Waals surface area contributed by atoms with Crippen molar-refractivity contribution in [2.75, 3.05) is 6.61 Å². The first-order valence-corrected chi connectivity index (χ1v) is 7.09. The minimum atomic E-state index is -0.574. The molecule has 2 heterocycles. The smallest absolute Gasteiger partial charge is 0.360 e. The summed E-state index contributed by atoms with van der Waals surface area (Å²) in [5.74, 6) is -0.574. The Labute approximate surface area is 121 Å². The van der Waals surface area contributed by atoms with Gasteiger partial charge >= 0.3 is 11.7 Å². The summed E-state index contributed by atoms with van der Waals surface area (Å²) in [6.45, 7) is 2.50. The van der Waals surface area contributed by atoms with E-state index in [9.17, 15) is 9.59 Å². The highest BCUT2D eigenvalue weighted by Gasteiger charge is 2.18. The topological polar surface area (TPSA) is 91.4 Å². The van der Waals surface area contributed by atoms with Gasteiger partial charge in [0.1, 0.15) is 6.33 Å². The van der Waals surface area contributed by atoms with E-state index in [2.05, 4.69) is 22.2 Å². The number of nitrogens with zero attached hydrogens (tertiary/aromatic N) is 5. The number of esters is 1. The SMILES string of the molecule is CCCCCCCOC(=O)c1ncn2c(=O)n(C)nnc12. The van der Waals surface area contributed by atoms with Crippen LogP contribution in [0.25, 0.3) is 5.65 Å². The molecule has 0 saturated carbocycles. The second kappa shape index (κ2) is 6.96. The van der Waals surface area contributed by atoms with E-state index in [1.807, 2.05) is 0 Å². The molecule has 0 amide bonds. The second-order valence-corrected chi connectivity index (χ2v) is 4.83. The molecule has 2 rings (SSSR count). The molecule has 0 atom stereocenters. The molecular weight excluding hydrogens is 274 g/mol. The van der Waals surface area contributed by atoms with E-state index < -0.39 is 11.7 Å². The van der Waals surface area contributed by atoms with Crippen molar-refractivity contribution in [3.05, 3.63) is 22.5 Å². The molecule has 0 aliphatic rings. The fourth-order valence-electron chi connectivity index (χ4n) is 1.96. The lowest BCUT2D eigenvalue weighted by Gasteiger charge is -2.03. The van der Waals surface area contributed by atoms with E-state index in [0.717, 1.165) is 23.9 Å². The maximum Gasteiger partial charge on any atom is 0.360 e. The van der Waals surface area contributed by atoms with Gasteiger partial charge in [-0.1, -0.05) is 37.8 Å². The zero-order chi connectivity index (χ0) is 15.2. The van der Waals surface area contributed by atoms with Gasteiger partial charge in [0.05, 0.1) is 6.61 Å². The first-order valence-electron chi connectivity index (χ1n) is 7.09. The average Bonchev–Trinajstić information content (AvgIpc) is 2.91. The Bertz CT molecular complexity index is 676. The van der Waals surface area contributed by atoms with Crippen LogP contribution in [0.1, 0.15) is 49.5 Å². The number of rotatable bonds is 7. The number of carbonyl (C=O) groups is 1. The van der Waals surface area contributed by atoms with Gasteiger partial charge in [0.15, 0.2) is 11.3 Å². The van der Waals surface area contributed by atoms with Gasteiger partial charge in [-0.15, -0.1) is 5.10 Å². The number of hydrogen-bond donors (Lipinski definition) is 0. The van der Waals surface area contributed by atoms with Gasteiger partial charge in [-0.25, -0.2) is 19.0 Å². The van der Waals surface area contributed by atoms with Crippen LogP contribution in [0, 0.1) is 0 Å². The van der Waals surface area contributed by atoms with Crippen molar-refractivity contribution in [3.8, 4) is 0 Å². The van der Waals surface area contributed by atoms with E-state index >= 15 is 0 Å². The van der Waals surface area contributed by atoms with Crippen LogP contribution in [0.4, 0.5) is 0 Å². The number of imidazole rings is 1. The summed E-state index contributed by atoms with van der Waals surface area (Å²) >= 11 is 0. The molecule has 0 radical (unpaired) electrons. The summed E-state index contributed by atoms with van der Waals surface area (Å²) in [6, 6.07) is 0. The first-order chi connectivity index (χ1) is 10.1. The molecule has 2 aromatic heterocycles. The first kappa shape index (κ1) is 15.1. The molecule has 0 aliphatic carbocycles. The Balaban J connectivity index is 1.97. The van der Waals surface area contributed by atoms with Crippen molar-refractivity contribution in [3.63, 3.8) is 0 Å². The van der Waals surface area contributed by atoms with Crippen molar-refractivity contribution in [2.24, 2.45) is 7.05 Å². The summed E-state index contributed by atoms with van der Waals surface area (Å²) in [5, 5.41) is 7.44. The molecule has 0 bridgehead atoms. The van der Waals surface area contributed by atoms with E-state index in [1.54, 1.807) is 0 Å². The number of ether oxygens (including phenoxy) is 1. The van der Waals surface area contributed by atoms with E-state index in [1.165, 1.54) is 30.6 Å². The maximum atomic E-state index is 11.9. The van der Waals surface area contributed by atoms with Gasteiger partial charge in [0.25, 0.3) is 0 Å². The van der Waals surface area contributed by atoms with E-state index in [0.29, 0.717) is 6.61 Å². The highest BCUT2D eigenvalue weighted by molar-refractivity contribution is 5.93. The molecule has 2 aromatic rings. The molecule has 21 heavy (non-hydrogen) atoms. The summed E-state index contributed by atoms with van der Waals surface area (Å²) in [4.78, 5) is 27.6. The number of fused-ring (bicyclic) bond motifs is 1. The Morgan fingerprint density at radius 2 is 2.05 bits per heavy atom. The lowest BCUT2D eigenvalue weighted by molar-refractivity contribution is 0.0493. The third kappa shape index (κ3) is 3.45. The van der Waals surface area contributed by atoms with Crippen LogP contribution >= 0.6 is 0 Å². The molecule has 0 fully saturated rings. The summed E-state index contributed by atoms with van der Waals surface area (Å²) in [6.07, 6.45) is 6.62. The molecular formula is C13H19N5O3. The lowest BCUT2D eigenvalue weighted by atomic mass is 10.2. The highest BCUT2D eigenvalue weighted by Crippen LogP contribution is 2.07. The van der Waals surface area contributed by atoms with Crippen molar-refractivity contribution >= 4 is 11.6 Å². The molecule has 114 valence electrons. The summed E-state index contributed by atoms with van der Waals surface area (Å²) in [7, 11) is 1.48. The van der Waals surface area contributed by atoms with Crippen molar-refractivity contribution in [1.82, 2.24) is 24.4 Å². The van der Waals surface area contributed by atoms with Gasteiger partial charge < -0.3 is 4.74 Å². The van der Waals surface area contributed by atoms with Gasteiger partial charge in [-0.2, -0.15) is 4.68 Å². The Morgan fingerprint density at radius 1 is 1.29 bits per heavy atom. The predicted octanol–water partition coefficient (Wildman–Crippen LogP) is 0.950. The van der Waals surface area contributed by atoms with E-state index in [4.69, 9.17) is 4.74 Å². The lowest BCUT2D eigenvalue weighted by Crippen LogP contribution is -2.27. The van der Waals surface area contributed by atoms with Gasteiger partial charge in [0.2, 0.25) is 0 Å². The summed E-state index contributed by atoms with van der Waals surface area (Å²) in [5.41, 5.74) is -0.269. The minimum Gasteiger partial charge on any atom is -0.461 e. The Hall–Kier alpha value is -2.25. The predicted molar refractivity (Wildman–Crippen MR) is 75.1 cm³/mol. The number of aromatic nitrogens is 5. The Morgan fingerprint density at radius 3 is 2.81 bits per heavy atom. The number of carbonyl (C=O) groups excluding carboxylic acids is 1. The third-order valence-corrected chi connectivity index (χ3v) is 3.17. The van der Waals surface area contributed by atoms with E-state index in [-0.39, 0.29) is 11.3 Å². The second-order valence-electron chi connectivity index (χ2n) is 4.83. The molecule has 0 spiro atoms. The fraction of sp³-hybridized carbons (Fsp3) is 0.615. The molecule has 8 nitrogen and oxygen atoms in total. The molecule has 0 saturated heterocycles. The standard InChI is InChI=1S/C13H19N5O3/c1-3-4-5-6-7-8-21-12(19)10-11-15-16-17(2)13(20)18(11)9-14-10/h9H,3-8H2,1-2H3. The maximum absolute atomic E-state index is 11.9. The van der Waals surface area contributed by atoms with Crippen molar-refractivity contribution in [1.29, 1.82) is 0 Å². The van der Waals surface area contributed by atoms with Gasteiger partial charge in [-0.05, 0) is 6.42 Å². The Kier molecular flexibility index (Phi) is 5.02. The monoisotopic (exact) mass is 293 g/mol. The number of hydrogen-bond acceptors (Lipinski definition) is 6.